The number of hydrogen-bond acceptors (Lipinski definition) is 6. The van der Waals surface area contributed by atoms with Crippen molar-refractivity contribution in [2.45, 2.75) is 11.8 Å². The average Bonchev–Trinajstić information content (AvgIpc) is 2.60. The van der Waals surface area contributed by atoms with Crippen LogP contribution in [0.15, 0.2) is 45.8 Å². The molecule has 0 fully saturated rings. The molecular weight excluding hydrogens is 440 g/mol. The summed E-state index contributed by atoms with van der Waals surface area (Å²) in [6.07, 6.45) is 0. The van der Waals surface area contributed by atoms with Gasteiger partial charge < -0.3 is 14.8 Å². The van der Waals surface area contributed by atoms with Crippen molar-refractivity contribution in [1.29, 1.82) is 0 Å². The molecule has 0 radical (unpaired) electrons. The first kappa shape index (κ1) is 20.7. The highest BCUT2D eigenvalue weighted by Crippen LogP contribution is 2.31. The van der Waals surface area contributed by atoms with Gasteiger partial charge in [0.05, 0.1) is 25.5 Å². The van der Waals surface area contributed by atoms with Crippen LogP contribution >= 0.6 is 15.9 Å². The molecule has 2 aromatic carbocycles. The number of carbonyl (C=O) groups is 2. The maximum atomic E-state index is 12.9. The summed E-state index contributed by atoms with van der Waals surface area (Å²) in [6, 6.07) is 8.61. The lowest BCUT2D eigenvalue weighted by molar-refractivity contribution is -0.114. The van der Waals surface area contributed by atoms with E-state index in [2.05, 4.69) is 30.7 Å². The fraction of sp³-hybridized carbons (Fsp3) is 0.176. The first-order chi connectivity index (χ1) is 12.7. The third kappa shape index (κ3) is 4.98. The second kappa shape index (κ2) is 8.40. The summed E-state index contributed by atoms with van der Waals surface area (Å²) in [5.41, 5.74) is 0.351. The van der Waals surface area contributed by atoms with Crippen LogP contribution in [0, 0.1) is 0 Å². The molecule has 0 saturated heterocycles. The molecule has 0 unspecified atom stereocenters. The minimum Gasteiger partial charge on any atom is -0.495 e. The highest BCUT2D eigenvalue weighted by atomic mass is 79.9. The smallest absolute Gasteiger partial charge is 0.339 e. The maximum Gasteiger partial charge on any atom is 0.339 e. The number of rotatable bonds is 6. The predicted molar refractivity (Wildman–Crippen MR) is 104 cm³/mol. The van der Waals surface area contributed by atoms with Gasteiger partial charge in [-0.15, -0.1) is 0 Å². The third-order valence-electron chi connectivity index (χ3n) is 3.40. The summed E-state index contributed by atoms with van der Waals surface area (Å²) in [6.45, 7) is 1.33. The van der Waals surface area contributed by atoms with Gasteiger partial charge in [0, 0.05) is 17.1 Å². The standard InChI is InChI=1S/C17H17BrN2O6S/c1-10(21)19-12-5-6-15(25-2)14(9-12)20-27(23,24)16-7-4-11(18)8-13(16)17(22)26-3/h4-9,20H,1-3H3,(H,19,21). The Balaban J connectivity index is 2.51. The number of esters is 1. The zero-order valence-electron chi connectivity index (χ0n) is 14.7. The minimum atomic E-state index is -4.16. The van der Waals surface area contributed by atoms with Gasteiger partial charge in [0.15, 0.2) is 0 Å². The topological polar surface area (TPSA) is 111 Å². The fourth-order valence-electron chi connectivity index (χ4n) is 2.27. The normalized spacial score (nSPS) is 10.8. The SMILES string of the molecule is COC(=O)c1cc(Br)ccc1S(=O)(=O)Nc1cc(NC(C)=O)ccc1OC. The maximum absolute atomic E-state index is 12.9. The van der Waals surface area contributed by atoms with E-state index >= 15 is 0 Å². The van der Waals surface area contributed by atoms with Crippen molar-refractivity contribution in [1.82, 2.24) is 0 Å². The van der Waals surface area contributed by atoms with Gasteiger partial charge in [-0.1, -0.05) is 15.9 Å². The van der Waals surface area contributed by atoms with E-state index < -0.39 is 16.0 Å². The molecule has 2 N–H and O–H groups in total. The van der Waals surface area contributed by atoms with Gasteiger partial charge in [-0.05, 0) is 36.4 Å². The van der Waals surface area contributed by atoms with Gasteiger partial charge in [0.1, 0.15) is 10.6 Å². The Kier molecular flexibility index (Phi) is 6.45. The number of sulfonamides is 1. The molecule has 2 aromatic rings. The molecule has 0 aliphatic carbocycles. The van der Waals surface area contributed by atoms with Crippen LogP contribution in [0.4, 0.5) is 11.4 Å². The first-order valence-corrected chi connectivity index (χ1v) is 9.82. The Morgan fingerprint density at radius 3 is 2.37 bits per heavy atom. The number of methoxy groups -OCH3 is 2. The van der Waals surface area contributed by atoms with E-state index in [0.717, 1.165) is 7.11 Å². The molecule has 0 aliphatic rings. The van der Waals surface area contributed by atoms with Crippen LogP contribution in [0.3, 0.4) is 0 Å². The lowest BCUT2D eigenvalue weighted by Gasteiger charge is -2.15. The second-order valence-corrected chi connectivity index (χ2v) is 7.90. The molecule has 8 nitrogen and oxygen atoms in total. The Morgan fingerprint density at radius 2 is 1.78 bits per heavy atom. The van der Waals surface area contributed by atoms with Gasteiger partial charge in [0.25, 0.3) is 10.0 Å². The Labute approximate surface area is 165 Å². The van der Waals surface area contributed by atoms with E-state index in [1.807, 2.05) is 0 Å². The molecule has 27 heavy (non-hydrogen) atoms. The fourth-order valence-corrected chi connectivity index (χ4v) is 3.87. The molecule has 0 saturated carbocycles. The quantitative estimate of drug-likeness (QED) is 0.646. The zero-order chi connectivity index (χ0) is 20.2. The third-order valence-corrected chi connectivity index (χ3v) is 5.32. The Bertz CT molecular complexity index is 991. The monoisotopic (exact) mass is 456 g/mol. The van der Waals surface area contributed by atoms with E-state index in [9.17, 15) is 18.0 Å². The van der Waals surface area contributed by atoms with Gasteiger partial charge >= 0.3 is 5.97 Å². The molecule has 0 atom stereocenters. The Morgan fingerprint density at radius 1 is 1.07 bits per heavy atom. The predicted octanol–water partition coefficient (Wildman–Crippen LogP) is 3.00. The number of carbonyl (C=O) groups excluding carboxylic acids is 2. The zero-order valence-corrected chi connectivity index (χ0v) is 17.1. The number of nitrogens with one attached hydrogen (secondary N) is 2. The van der Waals surface area contributed by atoms with Gasteiger partial charge in [-0.2, -0.15) is 0 Å². The number of benzene rings is 2. The molecule has 144 valence electrons. The van der Waals surface area contributed by atoms with E-state index in [0.29, 0.717) is 10.2 Å². The summed E-state index contributed by atoms with van der Waals surface area (Å²) in [4.78, 5) is 23.0. The van der Waals surface area contributed by atoms with Crippen molar-refractivity contribution < 1.29 is 27.5 Å². The summed E-state index contributed by atoms with van der Waals surface area (Å²) in [5, 5.41) is 2.56. The van der Waals surface area contributed by atoms with Gasteiger partial charge in [-0.3, -0.25) is 9.52 Å². The van der Waals surface area contributed by atoms with Crippen molar-refractivity contribution in [3.63, 3.8) is 0 Å². The number of halogens is 1. The largest absolute Gasteiger partial charge is 0.495 e. The van der Waals surface area contributed by atoms with Gasteiger partial charge in [-0.25, -0.2) is 13.2 Å². The van der Waals surface area contributed by atoms with Crippen LogP contribution in [-0.4, -0.2) is 34.5 Å². The van der Waals surface area contributed by atoms with Crippen LogP contribution in [0.5, 0.6) is 5.75 Å². The van der Waals surface area contributed by atoms with Crippen molar-refractivity contribution in [3.05, 3.63) is 46.4 Å². The number of anilines is 2. The molecular formula is C17H17BrN2O6S. The summed E-state index contributed by atoms with van der Waals surface area (Å²) in [7, 11) is -1.62. The molecule has 0 aliphatic heterocycles. The molecule has 10 heteroatoms. The molecule has 0 bridgehead atoms. The minimum absolute atomic E-state index is 0.0995. The van der Waals surface area contributed by atoms with Crippen LogP contribution in [0.25, 0.3) is 0 Å². The van der Waals surface area contributed by atoms with Crippen LogP contribution in [0.1, 0.15) is 17.3 Å². The van der Waals surface area contributed by atoms with Crippen LogP contribution in [0.2, 0.25) is 0 Å². The van der Waals surface area contributed by atoms with Crippen molar-refractivity contribution in [2.75, 3.05) is 24.3 Å². The molecule has 2 rings (SSSR count). The second-order valence-electron chi connectivity index (χ2n) is 5.33. The number of amides is 1. The van der Waals surface area contributed by atoms with Gasteiger partial charge in [0.2, 0.25) is 5.91 Å². The van der Waals surface area contributed by atoms with E-state index in [4.69, 9.17) is 4.74 Å². The summed E-state index contributed by atoms with van der Waals surface area (Å²) in [5.74, 6) is -0.866. The van der Waals surface area contributed by atoms with Crippen molar-refractivity contribution in [2.24, 2.45) is 0 Å². The van der Waals surface area contributed by atoms with Crippen LogP contribution < -0.4 is 14.8 Å². The van der Waals surface area contributed by atoms with E-state index in [1.165, 1.54) is 44.4 Å². The molecule has 0 aromatic heterocycles. The first-order valence-electron chi connectivity index (χ1n) is 7.54. The molecule has 1 amide bonds. The average molecular weight is 457 g/mol. The number of hydrogen-bond donors (Lipinski definition) is 2. The van der Waals surface area contributed by atoms with E-state index in [1.54, 1.807) is 6.07 Å². The molecule has 0 heterocycles. The molecule has 0 spiro atoms. The lowest BCUT2D eigenvalue weighted by atomic mass is 10.2. The lowest BCUT2D eigenvalue weighted by Crippen LogP contribution is -2.18. The highest BCUT2D eigenvalue weighted by Gasteiger charge is 2.24. The van der Waals surface area contributed by atoms with Crippen molar-refractivity contribution in [3.8, 4) is 5.75 Å². The Hall–Kier alpha value is -2.59. The summed E-state index contributed by atoms with van der Waals surface area (Å²) < 4.78 is 38.5. The van der Waals surface area contributed by atoms with Crippen molar-refractivity contribution >= 4 is 49.2 Å². The highest BCUT2D eigenvalue weighted by molar-refractivity contribution is 9.10. The van der Waals surface area contributed by atoms with Crippen LogP contribution in [-0.2, 0) is 19.6 Å². The summed E-state index contributed by atoms with van der Waals surface area (Å²) >= 11 is 3.20. The number of ether oxygens (including phenoxy) is 2. The van der Waals surface area contributed by atoms with E-state index in [-0.39, 0.29) is 27.8 Å².